The van der Waals surface area contributed by atoms with Crippen LogP contribution in [0.15, 0.2) is 48.5 Å². The minimum Gasteiger partial charge on any atom is -0.349 e. The van der Waals surface area contributed by atoms with Gasteiger partial charge in [0.25, 0.3) is 0 Å². The quantitative estimate of drug-likeness (QED) is 0.685. The Morgan fingerprint density at radius 1 is 1.13 bits per heavy atom. The van der Waals surface area contributed by atoms with Crippen LogP contribution in [0.2, 0.25) is 5.02 Å². The van der Waals surface area contributed by atoms with Crippen molar-refractivity contribution < 1.29 is 13.2 Å². The molecule has 2 aromatic rings. The van der Waals surface area contributed by atoms with Gasteiger partial charge in [0, 0.05) is 18.1 Å². The molecule has 1 fully saturated rings. The summed E-state index contributed by atoms with van der Waals surface area (Å²) in [4.78, 5) is 12.8. The number of halogens is 1. The third kappa shape index (κ3) is 5.84. The average Bonchev–Trinajstić information content (AvgIpc) is 2.75. The predicted molar refractivity (Wildman–Crippen MR) is 121 cm³/mol. The molecule has 1 aliphatic heterocycles. The van der Waals surface area contributed by atoms with Crippen molar-refractivity contribution >= 4 is 27.5 Å². The smallest absolute Gasteiger partial charge is 0.224 e. The van der Waals surface area contributed by atoms with Gasteiger partial charge in [-0.2, -0.15) is 0 Å². The number of amides is 1. The molecule has 5 nitrogen and oxygen atoms in total. The van der Waals surface area contributed by atoms with E-state index < -0.39 is 10.0 Å². The number of nitrogens with one attached hydrogen (secondary N) is 1. The molecule has 162 valence electrons. The van der Waals surface area contributed by atoms with Crippen LogP contribution in [0, 0.1) is 5.92 Å². The van der Waals surface area contributed by atoms with Gasteiger partial charge < -0.3 is 5.32 Å². The second-order valence-corrected chi connectivity index (χ2v) is 10.3. The summed E-state index contributed by atoms with van der Waals surface area (Å²) < 4.78 is 27.2. The van der Waals surface area contributed by atoms with Gasteiger partial charge in [-0.25, -0.2) is 12.7 Å². The summed E-state index contributed by atoms with van der Waals surface area (Å²) in [6, 6.07) is 14.9. The fourth-order valence-electron chi connectivity index (χ4n) is 3.75. The summed E-state index contributed by atoms with van der Waals surface area (Å²) in [6.45, 7) is 4.74. The van der Waals surface area contributed by atoms with E-state index in [1.165, 1.54) is 9.87 Å². The fourth-order valence-corrected chi connectivity index (χ4v) is 5.48. The molecule has 0 radical (unpaired) electrons. The molecule has 2 atom stereocenters. The largest absolute Gasteiger partial charge is 0.349 e. The van der Waals surface area contributed by atoms with Gasteiger partial charge in [0.15, 0.2) is 0 Å². The van der Waals surface area contributed by atoms with E-state index in [1.54, 1.807) is 24.3 Å². The first-order chi connectivity index (χ1) is 14.3. The molecule has 1 amide bonds. The highest BCUT2D eigenvalue weighted by molar-refractivity contribution is 7.88. The lowest BCUT2D eigenvalue weighted by atomic mass is 9.97. The first-order valence-electron chi connectivity index (χ1n) is 10.4. The molecule has 0 bridgehead atoms. The van der Waals surface area contributed by atoms with Crippen molar-refractivity contribution in [3.05, 3.63) is 70.2 Å². The van der Waals surface area contributed by atoms with Crippen molar-refractivity contribution in [2.24, 2.45) is 5.92 Å². The fraction of sp³-hybridized carbons (Fsp3) is 0.435. The molecular weight excluding hydrogens is 420 g/mol. The number of benzene rings is 2. The zero-order chi connectivity index (χ0) is 21.7. The second-order valence-electron chi connectivity index (χ2n) is 7.91. The Labute approximate surface area is 184 Å². The highest BCUT2D eigenvalue weighted by atomic mass is 35.5. The highest BCUT2D eigenvalue weighted by Crippen LogP contribution is 2.23. The standard InChI is InChI=1S/C23H29ClN2O3S/c1-3-18-6-10-20(11-7-18)17(2)25-23(27)21-5-4-14-26(15-21)30(28,29)16-19-8-12-22(24)13-9-19/h6-13,17,21H,3-5,14-16H2,1-2H3,(H,25,27)/t17-,21-/m0/s1. The van der Waals surface area contributed by atoms with Crippen molar-refractivity contribution in [3.8, 4) is 0 Å². The van der Waals surface area contributed by atoms with Crippen LogP contribution in [0.25, 0.3) is 0 Å². The number of nitrogens with zero attached hydrogens (tertiary/aromatic N) is 1. The van der Waals surface area contributed by atoms with Crippen molar-refractivity contribution in [2.75, 3.05) is 13.1 Å². The molecule has 1 heterocycles. The molecule has 0 saturated carbocycles. The van der Waals surface area contributed by atoms with Crippen LogP contribution in [-0.4, -0.2) is 31.7 Å². The number of sulfonamides is 1. The van der Waals surface area contributed by atoms with E-state index in [-0.39, 0.29) is 30.2 Å². The number of aryl methyl sites for hydroxylation is 1. The number of carbonyl (C=O) groups is 1. The Morgan fingerprint density at radius 3 is 2.40 bits per heavy atom. The molecule has 1 N–H and O–H groups in total. The van der Waals surface area contributed by atoms with E-state index >= 15 is 0 Å². The zero-order valence-electron chi connectivity index (χ0n) is 17.5. The van der Waals surface area contributed by atoms with Crippen LogP contribution in [0.1, 0.15) is 49.4 Å². The molecule has 1 saturated heterocycles. The van der Waals surface area contributed by atoms with Crippen LogP contribution >= 0.6 is 11.6 Å². The SMILES string of the molecule is CCc1ccc([C@H](C)NC(=O)[C@H]2CCCN(S(=O)(=O)Cc3ccc(Cl)cc3)C2)cc1. The van der Waals surface area contributed by atoms with Crippen molar-refractivity contribution in [2.45, 2.75) is 44.9 Å². The molecule has 0 aromatic heterocycles. The van der Waals surface area contributed by atoms with Gasteiger partial charge in [0.2, 0.25) is 15.9 Å². The molecule has 7 heteroatoms. The lowest BCUT2D eigenvalue weighted by Crippen LogP contribution is -2.46. The third-order valence-corrected chi connectivity index (χ3v) is 7.73. The van der Waals surface area contributed by atoms with Gasteiger partial charge in [0.05, 0.1) is 17.7 Å². The number of piperidine rings is 1. The number of carbonyl (C=O) groups excluding carboxylic acids is 1. The van der Waals surface area contributed by atoms with Crippen molar-refractivity contribution in [3.63, 3.8) is 0 Å². The lowest BCUT2D eigenvalue weighted by molar-refractivity contribution is -0.126. The van der Waals surface area contributed by atoms with Crippen LogP contribution in [-0.2, 0) is 27.0 Å². The van der Waals surface area contributed by atoms with Gasteiger partial charge in [-0.3, -0.25) is 4.79 Å². The molecule has 0 unspecified atom stereocenters. The zero-order valence-corrected chi connectivity index (χ0v) is 19.0. The van der Waals surface area contributed by atoms with Crippen LogP contribution in [0.4, 0.5) is 0 Å². The summed E-state index contributed by atoms with van der Waals surface area (Å²) in [7, 11) is -3.49. The monoisotopic (exact) mass is 448 g/mol. The molecule has 2 aromatic carbocycles. The van der Waals surface area contributed by atoms with Gasteiger partial charge in [-0.1, -0.05) is 54.9 Å². The van der Waals surface area contributed by atoms with Crippen molar-refractivity contribution in [1.82, 2.24) is 9.62 Å². The van der Waals surface area contributed by atoms with E-state index in [0.29, 0.717) is 30.0 Å². The number of hydrogen-bond donors (Lipinski definition) is 1. The highest BCUT2D eigenvalue weighted by Gasteiger charge is 2.32. The molecule has 0 spiro atoms. The molecule has 30 heavy (non-hydrogen) atoms. The maximum atomic E-state index is 12.9. The first-order valence-corrected chi connectivity index (χ1v) is 12.4. The number of rotatable bonds is 7. The predicted octanol–water partition coefficient (Wildman–Crippen LogP) is 4.32. The third-order valence-electron chi connectivity index (χ3n) is 5.66. The van der Waals surface area contributed by atoms with Gasteiger partial charge in [-0.05, 0) is 55.0 Å². The normalized spacial score (nSPS) is 18.7. The maximum absolute atomic E-state index is 12.9. The Balaban J connectivity index is 1.61. The van der Waals surface area contributed by atoms with E-state index in [4.69, 9.17) is 11.6 Å². The topological polar surface area (TPSA) is 66.5 Å². The number of hydrogen-bond acceptors (Lipinski definition) is 3. The van der Waals surface area contributed by atoms with Gasteiger partial charge in [-0.15, -0.1) is 0 Å². The molecular formula is C23H29ClN2O3S. The second kappa shape index (κ2) is 9.94. The molecule has 1 aliphatic rings. The maximum Gasteiger partial charge on any atom is 0.224 e. The molecule has 3 rings (SSSR count). The Hall–Kier alpha value is -1.89. The van der Waals surface area contributed by atoms with Crippen molar-refractivity contribution in [1.29, 1.82) is 0 Å². The first kappa shape index (κ1) is 22.8. The summed E-state index contributed by atoms with van der Waals surface area (Å²) in [6.07, 6.45) is 2.35. The summed E-state index contributed by atoms with van der Waals surface area (Å²) >= 11 is 5.88. The molecule has 0 aliphatic carbocycles. The minimum atomic E-state index is -3.49. The van der Waals surface area contributed by atoms with Gasteiger partial charge in [0.1, 0.15) is 0 Å². The van der Waals surface area contributed by atoms with E-state index in [2.05, 4.69) is 24.4 Å². The summed E-state index contributed by atoms with van der Waals surface area (Å²) in [5.74, 6) is -0.511. The Morgan fingerprint density at radius 2 is 1.77 bits per heavy atom. The van der Waals surface area contributed by atoms with Crippen LogP contribution in [0.5, 0.6) is 0 Å². The van der Waals surface area contributed by atoms with Crippen LogP contribution < -0.4 is 5.32 Å². The average molecular weight is 449 g/mol. The summed E-state index contributed by atoms with van der Waals surface area (Å²) in [5.41, 5.74) is 2.99. The lowest BCUT2D eigenvalue weighted by Gasteiger charge is -2.32. The van der Waals surface area contributed by atoms with Crippen LogP contribution in [0.3, 0.4) is 0 Å². The summed E-state index contributed by atoms with van der Waals surface area (Å²) in [5, 5.41) is 3.63. The van der Waals surface area contributed by atoms with E-state index in [1.807, 2.05) is 19.1 Å². The Bertz CT molecular complexity index is 959. The van der Waals surface area contributed by atoms with E-state index in [9.17, 15) is 13.2 Å². The van der Waals surface area contributed by atoms with E-state index in [0.717, 1.165) is 12.0 Å². The minimum absolute atomic E-state index is 0.0846. The van der Waals surface area contributed by atoms with Gasteiger partial charge >= 0.3 is 0 Å². The Kier molecular flexibility index (Phi) is 7.55.